The number of hydrogen-bond acceptors (Lipinski definition) is 4. The number of benzene rings is 1. The average Bonchev–Trinajstić information content (AvgIpc) is 3.28. The van der Waals surface area contributed by atoms with Crippen LogP contribution in [0.2, 0.25) is 0 Å². The Hall–Kier alpha value is -1.76. The van der Waals surface area contributed by atoms with E-state index in [4.69, 9.17) is 9.47 Å². The molecule has 1 aromatic carbocycles. The summed E-state index contributed by atoms with van der Waals surface area (Å²) in [7, 11) is 1.64. The zero-order valence-corrected chi connectivity index (χ0v) is 19.7. The minimum atomic E-state index is -4.46. The number of carbonyl (C=O) groups is 1. The molecule has 1 N–H and O–H groups in total. The molecular formula is C20H28F3IN4O3. The summed E-state index contributed by atoms with van der Waals surface area (Å²) in [6.45, 7) is 3.40. The molecule has 1 amide bonds. The Morgan fingerprint density at radius 3 is 2.52 bits per heavy atom. The highest BCUT2D eigenvalue weighted by molar-refractivity contribution is 14.0. The van der Waals surface area contributed by atoms with E-state index in [0.717, 1.165) is 18.9 Å². The number of aliphatic imine (C=N–C) groups is 1. The number of alkyl halides is 3. The highest BCUT2D eigenvalue weighted by atomic mass is 127. The highest BCUT2D eigenvalue weighted by Gasteiger charge is 2.34. The van der Waals surface area contributed by atoms with Gasteiger partial charge in [0.05, 0.1) is 12.1 Å². The van der Waals surface area contributed by atoms with Gasteiger partial charge in [-0.25, -0.2) is 0 Å². The molecule has 0 bridgehead atoms. The monoisotopic (exact) mass is 556 g/mol. The largest absolute Gasteiger partial charge is 0.491 e. The minimum absolute atomic E-state index is 0. The van der Waals surface area contributed by atoms with Crippen molar-refractivity contribution in [1.29, 1.82) is 0 Å². The van der Waals surface area contributed by atoms with Crippen LogP contribution in [0.1, 0.15) is 18.4 Å². The van der Waals surface area contributed by atoms with Crippen molar-refractivity contribution in [3.05, 3.63) is 29.8 Å². The van der Waals surface area contributed by atoms with Crippen LogP contribution in [-0.4, -0.2) is 80.8 Å². The number of halogens is 4. The molecule has 0 aliphatic carbocycles. The van der Waals surface area contributed by atoms with Crippen molar-refractivity contribution >= 4 is 35.8 Å². The van der Waals surface area contributed by atoms with E-state index < -0.39 is 11.7 Å². The predicted octanol–water partition coefficient (Wildman–Crippen LogP) is 2.60. The summed E-state index contributed by atoms with van der Waals surface area (Å²) in [6.07, 6.45) is -3.08. The first-order chi connectivity index (χ1) is 14.4. The number of hydrogen-bond donors (Lipinski definition) is 1. The summed E-state index contributed by atoms with van der Waals surface area (Å²) in [5.41, 5.74) is -0.790. The Bertz CT molecular complexity index is 749. The van der Waals surface area contributed by atoms with Crippen molar-refractivity contribution in [2.45, 2.75) is 25.1 Å². The summed E-state index contributed by atoms with van der Waals surface area (Å²) in [5.74, 6) is 0.488. The number of guanidine groups is 1. The lowest BCUT2D eigenvalue weighted by Crippen LogP contribution is -2.55. The van der Waals surface area contributed by atoms with Crippen molar-refractivity contribution in [2.24, 2.45) is 4.99 Å². The van der Waals surface area contributed by atoms with E-state index in [9.17, 15) is 18.0 Å². The molecule has 0 saturated carbocycles. The SMILES string of the molecule is CN=C(NCCOc1ccccc1C(F)(F)F)N1CCN(C(=O)C2CCCO2)CC1.I. The molecule has 3 rings (SSSR count). The molecule has 2 fully saturated rings. The number of rotatable bonds is 5. The zero-order valence-electron chi connectivity index (χ0n) is 17.4. The number of ether oxygens (including phenoxy) is 2. The van der Waals surface area contributed by atoms with E-state index in [1.165, 1.54) is 18.2 Å². The fraction of sp³-hybridized carbons (Fsp3) is 0.600. The van der Waals surface area contributed by atoms with Crippen LogP contribution in [0, 0.1) is 0 Å². The van der Waals surface area contributed by atoms with Crippen LogP contribution in [-0.2, 0) is 15.7 Å². The number of nitrogens with one attached hydrogen (secondary N) is 1. The van der Waals surface area contributed by atoms with Gasteiger partial charge in [0.25, 0.3) is 5.91 Å². The molecule has 2 heterocycles. The standard InChI is InChI=1S/C20H27F3N4O3.HI/c1-24-19(25-8-14-30-16-6-3-2-5-15(16)20(21,22)23)27-11-9-26(10-12-27)18(28)17-7-4-13-29-17;/h2-3,5-6,17H,4,7-14H2,1H3,(H,24,25);1H. The molecule has 174 valence electrons. The molecule has 2 aliphatic rings. The smallest absolute Gasteiger partial charge is 0.419 e. The van der Waals surface area contributed by atoms with Gasteiger partial charge in [0.2, 0.25) is 0 Å². The maximum Gasteiger partial charge on any atom is 0.419 e. The number of carbonyl (C=O) groups excluding carboxylic acids is 1. The molecule has 2 aliphatic heterocycles. The van der Waals surface area contributed by atoms with Crippen LogP contribution in [0.25, 0.3) is 0 Å². The Balaban J connectivity index is 0.00000341. The summed E-state index contributed by atoms with van der Waals surface area (Å²) in [4.78, 5) is 20.5. The molecule has 31 heavy (non-hydrogen) atoms. The quantitative estimate of drug-likeness (QED) is 0.262. The molecule has 0 radical (unpaired) electrons. The molecule has 2 saturated heterocycles. The maximum atomic E-state index is 13.0. The summed E-state index contributed by atoms with van der Waals surface area (Å²) >= 11 is 0. The van der Waals surface area contributed by atoms with Gasteiger partial charge in [-0.1, -0.05) is 12.1 Å². The van der Waals surface area contributed by atoms with E-state index in [-0.39, 0.29) is 48.3 Å². The lowest BCUT2D eigenvalue weighted by Gasteiger charge is -2.37. The van der Waals surface area contributed by atoms with Gasteiger partial charge in [-0.3, -0.25) is 9.79 Å². The van der Waals surface area contributed by atoms with E-state index in [0.29, 0.717) is 45.3 Å². The van der Waals surface area contributed by atoms with Gasteiger partial charge < -0.3 is 24.6 Å². The number of nitrogens with zero attached hydrogens (tertiary/aromatic N) is 3. The first-order valence-electron chi connectivity index (χ1n) is 10.0. The van der Waals surface area contributed by atoms with Gasteiger partial charge >= 0.3 is 6.18 Å². The Labute approximate surface area is 197 Å². The Kier molecular flexibility index (Phi) is 9.66. The number of piperazine rings is 1. The minimum Gasteiger partial charge on any atom is -0.491 e. The third kappa shape index (κ3) is 6.86. The van der Waals surface area contributed by atoms with E-state index in [1.807, 2.05) is 9.80 Å². The highest BCUT2D eigenvalue weighted by Crippen LogP contribution is 2.35. The number of para-hydroxylation sites is 1. The average molecular weight is 556 g/mol. The lowest BCUT2D eigenvalue weighted by atomic mass is 10.2. The maximum absolute atomic E-state index is 13.0. The normalized spacial score (nSPS) is 19.7. The van der Waals surface area contributed by atoms with Crippen molar-refractivity contribution in [3.8, 4) is 5.75 Å². The molecule has 1 atom stereocenters. The van der Waals surface area contributed by atoms with Gasteiger partial charge in [0, 0.05) is 39.8 Å². The second kappa shape index (κ2) is 11.7. The first kappa shape index (κ1) is 25.5. The third-order valence-electron chi connectivity index (χ3n) is 5.14. The van der Waals surface area contributed by atoms with E-state index in [1.54, 1.807) is 7.05 Å². The van der Waals surface area contributed by atoms with Gasteiger partial charge in [-0.05, 0) is 25.0 Å². The fourth-order valence-electron chi connectivity index (χ4n) is 3.60. The molecular weight excluding hydrogens is 528 g/mol. The Morgan fingerprint density at radius 1 is 1.23 bits per heavy atom. The van der Waals surface area contributed by atoms with Crippen LogP contribution < -0.4 is 10.1 Å². The summed E-state index contributed by atoms with van der Waals surface area (Å²) in [6, 6.07) is 5.15. The van der Waals surface area contributed by atoms with Crippen molar-refractivity contribution in [3.63, 3.8) is 0 Å². The topological polar surface area (TPSA) is 66.4 Å². The van der Waals surface area contributed by atoms with Crippen LogP contribution in [0.5, 0.6) is 5.75 Å². The first-order valence-corrected chi connectivity index (χ1v) is 10.0. The second-order valence-corrected chi connectivity index (χ2v) is 7.13. The van der Waals surface area contributed by atoms with Crippen molar-refractivity contribution < 1.29 is 27.4 Å². The van der Waals surface area contributed by atoms with Crippen LogP contribution in [0.3, 0.4) is 0 Å². The molecule has 1 unspecified atom stereocenters. The third-order valence-corrected chi connectivity index (χ3v) is 5.14. The van der Waals surface area contributed by atoms with Crippen LogP contribution >= 0.6 is 24.0 Å². The van der Waals surface area contributed by atoms with Gasteiger partial charge in [-0.2, -0.15) is 13.2 Å². The van der Waals surface area contributed by atoms with Gasteiger partial charge in [-0.15, -0.1) is 24.0 Å². The summed E-state index contributed by atoms with van der Waals surface area (Å²) in [5, 5.41) is 3.11. The summed E-state index contributed by atoms with van der Waals surface area (Å²) < 4.78 is 49.8. The Morgan fingerprint density at radius 2 is 1.90 bits per heavy atom. The second-order valence-electron chi connectivity index (χ2n) is 7.13. The molecule has 0 aromatic heterocycles. The lowest BCUT2D eigenvalue weighted by molar-refractivity contribution is -0.142. The van der Waals surface area contributed by atoms with E-state index >= 15 is 0 Å². The molecule has 1 aromatic rings. The van der Waals surface area contributed by atoms with Crippen LogP contribution in [0.15, 0.2) is 29.3 Å². The number of amides is 1. The predicted molar refractivity (Wildman–Crippen MR) is 121 cm³/mol. The van der Waals surface area contributed by atoms with Gasteiger partial charge in [0.1, 0.15) is 18.5 Å². The molecule has 7 nitrogen and oxygen atoms in total. The fourth-order valence-corrected chi connectivity index (χ4v) is 3.60. The van der Waals surface area contributed by atoms with Crippen LogP contribution in [0.4, 0.5) is 13.2 Å². The zero-order chi connectivity index (χ0) is 21.6. The van der Waals surface area contributed by atoms with Crippen molar-refractivity contribution in [2.75, 3.05) is 53.0 Å². The van der Waals surface area contributed by atoms with E-state index in [2.05, 4.69) is 10.3 Å². The van der Waals surface area contributed by atoms with Gasteiger partial charge in [0.15, 0.2) is 5.96 Å². The van der Waals surface area contributed by atoms with Crippen molar-refractivity contribution in [1.82, 2.24) is 15.1 Å². The molecule has 0 spiro atoms. The molecule has 11 heteroatoms.